The molecule has 1 N–H and O–H groups in total. The molecule has 9 nitrogen and oxygen atoms in total. The molecule has 1 aromatic carbocycles. The number of aromatic amines is 1. The third-order valence-corrected chi connectivity index (χ3v) is 5.33. The molecule has 3 aromatic rings. The monoisotopic (exact) mass is 409 g/mol. The Hall–Kier alpha value is -3.62. The molecule has 0 atom stereocenters. The number of hydrogen-bond acceptors (Lipinski definition) is 6. The normalized spacial score (nSPS) is 14.5. The SMILES string of the molecule is COc1ccc(C(=O)N2CCC(c3n[nH]c(=O)n3-c3ccccc3)CC2)c(OC)n1. The van der Waals surface area contributed by atoms with E-state index in [1.807, 2.05) is 30.3 Å². The van der Waals surface area contributed by atoms with Crippen LogP contribution in [0, 0.1) is 0 Å². The van der Waals surface area contributed by atoms with Crippen LogP contribution < -0.4 is 15.2 Å². The second-order valence-electron chi connectivity index (χ2n) is 7.03. The van der Waals surface area contributed by atoms with Crippen molar-refractivity contribution in [3.05, 3.63) is 64.3 Å². The van der Waals surface area contributed by atoms with Gasteiger partial charge in [0.1, 0.15) is 11.4 Å². The van der Waals surface area contributed by atoms with Crippen molar-refractivity contribution in [3.8, 4) is 17.4 Å². The highest BCUT2D eigenvalue weighted by molar-refractivity contribution is 5.96. The first kappa shape index (κ1) is 19.7. The Morgan fingerprint density at radius 2 is 1.80 bits per heavy atom. The van der Waals surface area contributed by atoms with Gasteiger partial charge in [0.15, 0.2) is 0 Å². The van der Waals surface area contributed by atoms with Crippen molar-refractivity contribution in [2.24, 2.45) is 0 Å². The molecule has 4 rings (SSSR count). The van der Waals surface area contributed by atoms with Gasteiger partial charge in [-0.15, -0.1) is 0 Å². The van der Waals surface area contributed by atoms with Gasteiger partial charge in [-0.1, -0.05) is 18.2 Å². The van der Waals surface area contributed by atoms with Crippen molar-refractivity contribution in [2.45, 2.75) is 18.8 Å². The van der Waals surface area contributed by atoms with Gasteiger partial charge in [0.05, 0.1) is 19.9 Å². The molecule has 0 radical (unpaired) electrons. The number of carbonyl (C=O) groups excluding carboxylic acids is 1. The summed E-state index contributed by atoms with van der Waals surface area (Å²) in [4.78, 5) is 31.3. The molecule has 1 saturated heterocycles. The average molecular weight is 409 g/mol. The van der Waals surface area contributed by atoms with Crippen molar-refractivity contribution in [1.29, 1.82) is 0 Å². The van der Waals surface area contributed by atoms with Gasteiger partial charge in [-0.25, -0.2) is 14.5 Å². The van der Waals surface area contributed by atoms with E-state index in [4.69, 9.17) is 9.47 Å². The first-order valence-corrected chi connectivity index (χ1v) is 9.73. The highest BCUT2D eigenvalue weighted by atomic mass is 16.5. The molecule has 30 heavy (non-hydrogen) atoms. The first-order valence-electron chi connectivity index (χ1n) is 9.73. The number of para-hydroxylation sites is 1. The van der Waals surface area contributed by atoms with E-state index in [2.05, 4.69) is 15.2 Å². The Bertz CT molecular complexity index is 1080. The summed E-state index contributed by atoms with van der Waals surface area (Å²) in [6.07, 6.45) is 1.41. The van der Waals surface area contributed by atoms with E-state index in [-0.39, 0.29) is 23.4 Å². The number of piperidine rings is 1. The number of methoxy groups -OCH3 is 2. The molecule has 2 aromatic heterocycles. The maximum Gasteiger partial charge on any atom is 0.347 e. The van der Waals surface area contributed by atoms with Gasteiger partial charge in [-0.05, 0) is 31.0 Å². The predicted octanol–water partition coefficient (Wildman–Crippen LogP) is 1.99. The summed E-state index contributed by atoms with van der Waals surface area (Å²) in [7, 11) is 2.99. The van der Waals surface area contributed by atoms with Crippen LogP contribution in [0.15, 0.2) is 47.3 Å². The Morgan fingerprint density at radius 3 is 2.47 bits per heavy atom. The summed E-state index contributed by atoms with van der Waals surface area (Å²) in [5.41, 5.74) is 0.917. The van der Waals surface area contributed by atoms with E-state index < -0.39 is 0 Å². The summed E-state index contributed by atoms with van der Waals surface area (Å²) >= 11 is 0. The highest BCUT2D eigenvalue weighted by Gasteiger charge is 2.30. The van der Waals surface area contributed by atoms with Gasteiger partial charge in [-0.3, -0.25) is 4.79 Å². The fraction of sp³-hybridized carbons (Fsp3) is 0.333. The zero-order valence-electron chi connectivity index (χ0n) is 16.9. The zero-order valence-corrected chi connectivity index (χ0v) is 16.9. The van der Waals surface area contributed by atoms with Gasteiger partial charge < -0.3 is 14.4 Å². The number of aromatic nitrogens is 4. The Balaban J connectivity index is 1.50. The van der Waals surface area contributed by atoms with Gasteiger partial charge in [0.25, 0.3) is 5.91 Å². The molecule has 1 fully saturated rings. The number of nitrogens with one attached hydrogen (secondary N) is 1. The van der Waals surface area contributed by atoms with Crippen LogP contribution in [0.25, 0.3) is 5.69 Å². The molecule has 0 spiro atoms. The van der Waals surface area contributed by atoms with Crippen LogP contribution in [0.3, 0.4) is 0 Å². The minimum atomic E-state index is -0.260. The van der Waals surface area contributed by atoms with E-state index >= 15 is 0 Å². The molecule has 1 amide bonds. The van der Waals surface area contributed by atoms with E-state index in [9.17, 15) is 9.59 Å². The molecular weight excluding hydrogens is 386 g/mol. The number of likely N-dealkylation sites (tertiary alicyclic amines) is 1. The number of amides is 1. The van der Waals surface area contributed by atoms with Crippen LogP contribution in [0.5, 0.6) is 11.8 Å². The van der Waals surface area contributed by atoms with Gasteiger partial charge in [0, 0.05) is 25.1 Å². The lowest BCUT2D eigenvalue weighted by atomic mass is 9.95. The van der Waals surface area contributed by atoms with E-state index in [0.29, 0.717) is 43.2 Å². The number of ether oxygens (including phenoxy) is 2. The second kappa shape index (κ2) is 8.40. The average Bonchev–Trinajstić information content (AvgIpc) is 3.20. The number of nitrogens with zero attached hydrogens (tertiary/aromatic N) is 4. The lowest BCUT2D eigenvalue weighted by Gasteiger charge is -2.31. The van der Waals surface area contributed by atoms with Crippen LogP contribution in [0.1, 0.15) is 34.9 Å². The molecule has 3 heterocycles. The van der Waals surface area contributed by atoms with Crippen LogP contribution in [0.4, 0.5) is 0 Å². The number of rotatable bonds is 5. The van der Waals surface area contributed by atoms with Gasteiger partial charge in [0.2, 0.25) is 11.8 Å². The predicted molar refractivity (Wildman–Crippen MR) is 109 cm³/mol. The quantitative estimate of drug-likeness (QED) is 0.691. The largest absolute Gasteiger partial charge is 0.481 e. The number of hydrogen-bond donors (Lipinski definition) is 1. The van der Waals surface area contributed by atoms with Crippen LogP contribution in [-0.2, 0) is 0 Å². The molecule has 9 heteroatoms. The minimum absolute atomic E-state index is 0.0732. The summed E-state index contributed by atoms with van der Waals surface area (Å²) in [5.74, 6) is 1.26. The van der Waals surface area contributed by atoms with Crippen molar-refractivity contribution in [3.63, 3.8) is 0 Å². The first-order chi connectivity index (χ1) is 14.6. The molecule has 0 bridgehead atoms. The van der Waals surface area contributed by atoms with E-state index in [0.717, 1.165) is 5.69 Å². The fourth-order valence-electron chi connectivity index (χ4n) is 3.78. The smallest absolute Gasteiger partial charge is 0.347 e. The number of H-pyrrole nitrogens is 1. The van der Waals surface area contributed by atoms with Crippen molar-refractivity contribution >= 4 is 5.91 Å². The van der Waals surface area contributed by atoms with Crippen molar-refractivity contribution in [1.82, 2.24) is 24.6 Å². The molecule has 156 valence electrons. The molecule has 1 aliphatic heterocycles. The summed E-state index contributed by atoms with van der Waals surface area (Å²) in [5, 5.41) is 6.83. The van der Waals surface area contributed by atoms with Crippen LogP contribution in [0.2, 0.25) is 0 Å². The van der Waals surface area contributed by atoms with Crippen LogP contribution in [-0.4, -0.2) is 57.9 Å². The third kappa shape index (κ3) is 3.66. The van der Waals surface area contributed by atoms with Crippen molar-refractivity contribution in [2.75, 3.05) is 27.3 Å². The summed E-state index contributed by atoms with van der Waals surface area (Å²) < 4.78 is 12.0. The lowest BCUT2D eigenvalue weighted by Crippen LogP contribution is -2.38. The molecule has 0 saturated carbocycles. The topological polar surface area (TPSA) is 102 Å². The Kier molecular flexibility index (Phi) is 5.51. The third-order valence-electron chi connectivity index (χ3n) is 5.33. The lowest BCUT2D eigenvalue weighted by molar-refractivity contribution is 0.0706. The molecule has 0 aliphatic carbocycles. The standard InChI is InChI=1S/C21H23N5O4/c1-29-17-9-8-16(19(22-17)30-2)20(27)25-12-10-14(11-13-25)18-23-24-21(28)26(18)15-6-4-3-5-7-15/h3-9,14H,10-13H2,1-2H3,(H,24,28). The highest BCUT2D eigenvalue weighted by Crippen LogP contribution is 2.29. The van der Waals surface area contributed by atoms with Gasteiger partial charge >= 0.3 is 5.69 Å². The number of benzene rings is 1. The van der Waals surface area contributed by atoms with E-state index in [1.165, 1.54) is 14.2 Å². The Morgan fingerprint density at radius 1 is 1.07 bits per heavy atom. The minimum Gasteiger partial charge on any atom is -0.481 e. The number of pyridine rings is 1. The number of carbonyl (C=O) groups is 1. The Labute approximate surface area is 173 Å². The van der Waals surface area contributed by atoms with E-state index in [1.54, 1.807) is 21.6 Å². The zero-order chi connectivity index (χ0) is 21.1. The molecule has 0 unspecified atom stereocenters. The molecule has 1 aliphatic rings. The summed E-state index contributed by atoms with van der Waals surface area (Å²) in [6, 6.07) is 12.7. The molecular formula is C21H23N5O4. The van der Waals surface area contributed by atoms with Crippen molar-refractivity contribution < 1.29 is 14.3 Å². The second-order valence-corrected chi connectivity index (χ2v) is 7.03. The maximum absolute atomic E-state index is 13.0. The summed E-state index contributed by atoms with van der Waals surface area (Å²) in [6.45, 7) is 1.10. The maximum atomic E-state index is 13.0. The van der Waals surface area contributed by atoms with Gasteiger partial charge in [-0.2, -0.15) is 10.1 Å². The fourth-order valence-corrected chi connectivity index (χ4v) is 3.78. The van der Waals surface area contributed by atoms with Crippen LogP contribution >= 0.6 is 0 Å².